The van der Waals surface area contributed by atoms with E-state index in [-0.39, 0.29) is 29.5 Å². The van der Waals surface area contributed by atoms with Crippen LogP contribution in [0, 0.1) is 11.6 Å². The normalized spacial score (nSPS) is 19.8. The Morgan fingerprint density at radius 3 is 2.74 bits per heavy atom. The summed E-state index contributed by atoms with van der Waals surface area (Å²) < 4.78 is 27.9. The first kappa shape index (κ1) is 19.2. The zero-order chi connectivity index (χ0) is 21.7. The molecular formula is C21H18F2N6O2. The number of rotatable bonds is 4. The largest absolute Gasteiger partial charge is 0.505 e. The third-order valence-corrected chi connectivity index (χ3v) is 5.77. The van der Waals surface area contributed by atoms with Gasteiger partial charge in [-0.3, -0.25) is 4.79 Å². The van der Waals surface area contributed by atoms with Gasteiger partial charge in [-0.15, -0.1) is 0 Å². The van der Waals surface area contributed by atoms with Crippen molar-refractivity contribution >= 4 is 34.3 Å². The van der Waals surface area contributed by atoms with Crippen LogP contribution in [0.15, 0.2) is 43.2 Å². The van der Waals surface area contributed by atoms with E-state index in [2.05, 4.69) is 31.7 Å². The summed E-state index contributed by atoms with van der Waals surface area (Å²) >= 11 is 0. The number of amides is 1. The lowest BCUT2D eigenvalue weighted by molar-refractivity contribution is -0.127. The van der Waals surface area contributed by atoms with Crippen LogP contribution in [0.5, 0.6) is 5.75 Å². The number of piperazine rings is 1. The smallest absolute Gasteiger partial charge is 0.246 e. The SMILES string of the molecule is C=CC(=O)N1C[C@@H]2C[C@H]1CN2c1ccc2ncnc(Nc3ccc(O)c(F)c3F)c2n1. The first-order chi connectivity index (χ1) is 15.0. The predicted octanol–water partition coefficient (Wildman–Crippen LogP) is 2.73. The van der Waals surface area contributed by atoms with E-state index < -0.39 is 17.4 Å². The minimum absolute atomic E-state index is 0.0679. The molecule has 5 rings (SSSR count). The maximum atomic E-state index is 14.2. The van der Waals surface area contributed by atoms with Crippen molar-refractivity contribution in [2.75, 3.05) is 23.3 Å². The van der Waals surface area contributed by atoms with Gasteiger partial charge in [0.05, 0.1) is 23.3 Å². The molecule has 158 valence electrons. The molecule has 0 radical (unpaired) electrons. The highest BCUT2D eigenvalue weighted by Gasteiger charge is 2.45. The highest BCUT2D eigenvalue weighted by Crippen LogP contribution is 2.35. The van der Waals surface area contributed by atoms with E-state index in [0.717, 1.165) is 12.5 Å². The molecule has 8 nitrogen and oxygen atoms in total. The molecule has 2 atom stereocenters. The quantitative estimate of drug-likeness (QED) is 0.491. The number of carbonyl (C=O) groups is 1. The van der Waals surface area contributed by atoms with Gasteiger partial charge in [0.15, 0.2) is 17.4 Å². The number of pyridine rings is 1. The summed E-state index contributed by atoms with van der Waals surface area (Å²) in [6, 6.07) is 6.16. The first-order valence-corrected chi connectivity index (χ1v) is 9.71. The molecule has 2 bridgehead atoms. The van der Waals surface area contributed by atoms with Crippen LogP contribution in [-0.2, 0) is 4.79 Å². The molecular weight excluding hydrogens is 406 g/mol. The number of aromatic nitrogens is 3. The van der Waals surface area contributed by atoms with Crippen LogP contribution >= 0.6 is 0 Å². The number of hydrogen-bond donors (Lipinski definition) is 2. The van der Waals surface area contributed by atoms with Gasteiger partial charge in [0.1, 0.15) is 17.7 Å². The molecule has 4 heterocycles. The summed E-state index contributed by atoms with van der Waals surface area (Å²) in [5.41, 5.74) is 0.754. The Hall–Kier alpha value is -3.82. The zero-order valence-electron chi connectivity index (χ0n) is 16.3. The van der Waals surface area contributed by atoms with E-state index in [1.807, 2.05) is 11.0 Å². The molecule has 2 saturated heterocycles. The number of nitrogens with zero attached hydrogens (tertiary/aromatic N) is 5. The molecule has 1 aromatic carbocycles. The van der Waals surface area contributed by atoms with Crippen molar-refractivity contribution in [2.45, 2.75) is 18.5 Å². The third kappa shape index (κ3) is 3.11. The van der Waals surface area contributed by atoms with Gasteiger partial charge in [0, 0.05) is 13.1 Å². The Bertz CT molecular complexity index is 1220. The minimum atomic E-state index is -1.34. The topological polar surface area (TPSA) is 94.5 Å². The Morgan fingerprint density at radius 2 is 2.00 bits per heavy atom. The minimum Gasteiger partial charge on any atom is -0.505 e. The molecule has 2 fully saturated rings. The predicted molar refractivity (Wildman–Crippen MR) is 110 cm³/mol. The van der Waals surface area contributed by atoms with E-state index in [9.17, 15) is 18.7 Å². The monoisotopic (exact) mass is 424 g/mol. The lowest BCUT2D eigenvalue weighted by atomic mass is 10.2. The molecule has 3 aromatic rings. The number of phenolic OH excluding ortho intramolecular Hbond substituents is 1. The van der Waals surface area contributed by atoms with Crippen molar-refractivity contribution in [1.29, 1.82) is 0 Å². The summed E-state index contributed by atoms with van der Waals surface area (Å²) in [7, 11) is 0. The first-order valence-electron chi connectivity index (χ1n) is 9.71. The fraction of sp³-hybridized carbons (Fsp3) is 0.238. The van der Waals surface area contributed by atoms with Crippen LogP contribution in [0.25, 0.3) is 11.0 Å². The number of benzene rings is 1. The van der Waals surface area contributed by atoms with Crippen LogP contribution in [-0.4, -0.2) is 56.0 Å². The molecule has 2 aliphatic rings. The number of phenols is 1. The van der Waals surface area contributed by atoms with Gasteiger partial charge in [0.2, 0.25) is 11.7 Å². The number of nitrogens with one attached hydrogen (secondary N) is 1. The molecule has 2 aliphatic heterocycles. The lowest BCUT2D eigenvalue weighted by Crippen LogP contribution is -2.48. The van der Waals surface area contributed by atoms with E-state index in [1.165, 1.54) is 18.5 Å². The van der Waals surface area contributed by atoms with Crippen molar-refractivity contribution < 1.29 is 18.7 Å². The summed E-state index contributed by atoms with van der Waals surface area (Å²) in [6.07, 6.45) is 3.49. The van der Waals surface area contributed by atoms with Crippen LogP contribution < -0.4 is 10.2 Å². The highest BCUT2D eigenvalue weighted by molar-refractivity contribution is 5.89. The standard InChI is InChI=1S/C21H18F2N6O2/c1-2-17(31)29-9-11-7-12(29)8-28(11)16-6-4-14-20(27-16)21(25-10-24-14)26-13-3-5-15(30)19(23)18(13)22/h2-6,10-12,30H,1,7-9H2,(H,24,25,26)/t11-,12-/m0/s1. The van der Waals surface area contributed by atoms with E-state index in [4.69, 9.17) is 0 Å². The van der Waals surface area contributed by atoms with E-state index in [1.54, 1.807) is 6.07 Å². The van der Waals surface area contributed by atoms with Crippen LogP contribution in [0.3, 0.4) is 0 Å². The third-order valence-electron chi connectivity index (χ3n) is 5.77. The highest BCUT2D eigenvalue weighted by atomic mass is 19.2. The maximum absolute atomic E-state index is 14.2. The molecule has 0 unspecified atom stereocenters. The molecule has 2 N–H and O–H groups in total. The second kappa shape index (κ2) is 7.15. The summed E-state index contributed by atoms with van der Waals surface area (Å²) in [6.45, 7) is 4.81. The van der Waals surface area contributed by atoms with Crippen molar-refractivity contribution in [1.82, 2.24) is 19.9 Å². The van der Waals surface area contributed by atoms with Crippen LogP contribution in [0.4, 0.5) is 26.1 Å². The van der Waals surface area contributed by atoms with Gasteiger partial charge in [-0.25, -0.2) is 19.3 Å². The molecule has 31 heavy (non-hydrogen) atoms. The molecule has 0 saturated carbocycles. The zero-order valence-corrected chi connectivity index (χ0v) is 16.3. The molecule has 0 aliphatic carbocycles. The average Bonchev–Trinajstić information content (AvgIpc) is 3.40. The number of fused-ring (bicyclic) bond motifs is 3. The second-order valence-electron chi connectivity index (χ2n) is 7.54. The number of anilines is 3. The molecule has 0 spiro atoms. The van der Waals surface area contributed by atoms with Crippen LogP contribution in [0.1, 0.15) is 6.42 Å². The fourth-order valence-electron chi connectivity index (χ4n) is 4.28. The Morgan fingerprint density at radius 1 is 1.16 bits per heavy atom. The Labute approximate surface area is 175 Å². The number of carbonyl (C=O) groups excluding carboxylic acids is 1. The van der Waals surface area contributed by atoms with Crippen molar-refractivity contribution in [3.63, 3.8) is 0 Å². The molecule has 1 amide bonds. The second-order valence-corrected chi connectivity index (χ2v) is 7.54. The maximum Gasteiger partial charge on any atom is 0.246 e. The number of aromatic hydroxyl groups is 1. The summed E-state index contributed by atoms with van der Waals surface area (Å²) in [4.78, 5) is 29.0. The fourth-order valence-corrected chi connectivity index (χ4v) is 4.28. The van der Waals surface area contributed by atoms with E-state index >= 15 is 0 Å². The Kier molecular flexibility index (Phi) is 4.42. The number of hydrogen-bond acceptors (Lipinski definition) is 7. The average molecular weight is 424 g/mol. The number of likely N-dealkylation sites (tertiary alicyclic amines) is 1. The van der Waals surface area contributed by atoms with Gasteiger partial charge in [-0.1, -0.05) is 6.58 Å². The van der Waals surface area contributed by atoms with Gasteiger partial charge >= 0.3 is 0 Å². The van der Waals surface area contributed by atoms with Gasteiger partial charge < -0.3 is 20.2 Å². The van der Waals surface area contributed by atoms with Crippen molar-refractivity contribution in [3.05, 3.63) is 54.9 Å². The van der Waals surface area contributed by atoms with Gasteiger partial charge in [-0.05, 0) is 36.8 Å². The molecule has 2 aromatic heterocycles. The lowest BCUT2D eigenvalue weighted by Gasteiger charge is -2.34. The van der Waals surface area contributed by atoms with Crippen molar-refractivity contribution in [2.24, 2.45) is 0 Å². The van der Waals surface area contributed by atoms with Crippen LogP contribution in [0.2, 0.25) is 0 Å². The molecule has 10 heteroatoms. The van der Waals surface area contributed by atoms with E-state index in [0.29, 0.717) is 29.9 Å². The summed E-state index contributed by atoms with van der Waals surface area (Å²) in [5, 5.41) is 12.1. The van der Waals surface area contributed by atoms with Gasteiger partial charge in [-0.2, -0.15) is 4.39 Å². The van der Waals surface area contributed by atoms with Crippen molar-refractivity contribution in [3.8, 4) is 5.75 Å². The van der Waals surface area contributed by atoms with Gasteiger partial charge in [0.25, 0.3) is 0 Å². The summed E-state index contributed by atoms with van der Waals surface area (Å²) in [5.74, 6) is -2.49. The number of halogens is 2. The Balaban J connectivity index is 1.47.